The van der Waals surface area contributed by atoms with E-state index in [2.05, 4.69) is 28.1 Å². The number of halogens is 1. The van der Waals surface area contributed by atoms with Crippen molar-refractivity contribution in [2.24, 2.45) is 5.73 Å². The molecule has 78 valence electrons. The number of rotatable bonds is 1. The summed E-state index contributed by atoms with van der Waals surface area (Å²) in [5.41, 5.74) is 6.93. The van der Waals surface area contributed by atoms with E-state index in [0.717, 1.165) is 34.0 Å². The number of fused-ring (bicyclic) bond motifs is 1. The zero-order valence-electron chi connectivity index (χ0n) is 8.29. The van der Waals surface area contributed by atoms with Gasteiger partial charge < -0.3 is 10.2 Å². The van der Waals surface area contributed by atoms with Crippen molar-refractivity contribution in [2.75, 3.05) is 0 Å². The minimum Gasteiger partial charge on any atom is -0.459 e. The van der Waals surface area contributed by atoms with Gasteiger partial charge in [0.1, 0.15) is 11.3 Å². The summed E-state index contributed by atoms with van der Waals surface area (Å²) >= 11 is 3.43. The predicted molar refractivity (Wildman–Crippen MR) is 63.6 cm³/mol. The van der Waals surface area contributed by atoms with Crippen LogP contribution in [-0.4, -0.2) is 0 Å². The Kier molecular flexibility index (Phi) is 1.94. The van der Waals surface area contributed by atoms with Gasteiger partial charge in [-0.05, 0) is 43.5 Å². The molecule has 1 aromatic carbocycles. The summed E-state index contributed by atoms with van der Waals surface area (Å²) in [7, 11) is 0. The Hall–Kier alpha value is -0.800. The maximum Gasteiger partial charge on any atom is 0.135 e. The van der Waals surface area contributed by atoms with E-state index in [1.54, 1.807) is 0 Å². The van der Waals surface area contributed by atoms with Crippen LogP contribution in [0.2, 0.25) is 0 Å². The van der Waals surface area contributed by atoms with Crippen LogP contribution < -0.4 is 5.73 Å². The smallest absolute Gasteiger partial charge is 0.135 e. The molecule has 1 aliphatic rings. The molecule has 2 nitrogen and oxygen atoms in total. The molecule has 0 unspecified atom stereocenters. The van der Waals surface area contributed by atoms with Crippen LogP contribution in [0.4, 0.5) is 0 Å². The fourth-order valence-corrected chi connectivity index (χ4v) is 2.39. The van der Waals surface area contributed by atoms with Crippen molar-refractivity contribution in [1.29, 1.82) is 0 Å². The second-order valence-corrected chi connectivity index (χ2v) is 5.22. The molecule has 1 aromatic heterocycles. The van der Waals surface area contributed by atoms with Crippen LogP contribution in [0, 0.1) is 0 Å². The molecule has 2 N–H and O–H groups in total. The van der Waals surface area contributed by atoms with E-state index in [9.17, 15) is 0 Å². The molecule has 0 atom stereocenters. The molecule has 1 fully saturated rings. The van der Waals surface area contributed by atoms with E-state index >= 15 is 0 Å². The summed E-state index contributed by atoms with van der Waals surface area (Å²) in [6.07, 6.45) is 3.28. The van der Waals surface area contributed by atoms with E-state index in [4.69, 9.17) is 10.2 Å². The Labute approximate surface area is 96.6 Å². The van der Waals surface area contributed by atoms with E-state index < -0.39 is 0 Å². The zero-order valence-corrected chi connectivity index (χ0v) is 9.88. The van der Waals surface area contributed by atoms with Crippen LogP contribution in [-0.2, 0) is 5.54 Å². The van der Waals surface area contributed by atoms with Crippen molar-refractivity contribution < 1.29 is 4.42 Å². The Morgan fingerprint density at radius 2 is 2.07 bits per heavy atom. The van der Waals surface area contributed by atoms with Crippen molar-refractivity contribution in [1.82, 2.24) is 0 Å². The standard InChI is InChI=1S/C12H12BrNO/c13-9-3-2-8-6-11(15-10(8)7-9)12(14)4-1-5-12/h2-3,6-7H,1,4-5,14H2. The van der Waals surface area contributed by atoms with E-state index in [-0.39, 0.29) is 5.54 Å². The van der Waals surface area contributed by atoms with Gasteiger partial charge in [0.05, 0.1) is 5.54 Å². The molecule has 2 aromatic rings. The van der Waals surface area contributed by atoms with Crippen molar-refractivity contribution in [3.63, 3.8) is 0 Å². The highest BCUT2D eigenvalue weighted by Crippen LogP contribution is 2.41. The molecule has 1 heterocycles. The number of hydrogen-bond donors (Lipinski definition) is 1. The molecule has 3 heteroatoms. The third-order valence-corrected chi connectivity index (χ3v) is 3.71. The normalized spacial score (nSPS) is 19.1. The first-order valence-electron chi connectivity index (χ1n) is 5.16. The highest BCUT2D eigenvalue weighted by atomic mass is 79.9. The zero-order chi connectivity index (χ0) is 10.5. The average molecular weight is 266 g/mol. The first-order valence-corrected chi connectivity index (χ1v) is 5.95. The molecule has 0 amide bonds. The van der Waals surface area contributed by atoms with Crippen molar-refractivity contribution in [3.05, 3.63) is 34.5 Å². The molecule has 0 spiro atoms. The predicted octanol–water partition coefficient (Wildman–Crippen LogP) is 3.53. The summed E-state index contributed by atoms with van der Waals surface area (Å²) in [6, 6.07) is 8.13. The summed E-state index contributed by atoms with van der Waals surface area (Å²) in [5.74, 6) is 0.932. The van der Waals surface area contributed by atoms with Crippen LogP contribution in [0.25, 0.3) is 11.0 Å². The van der Waals surface area contributed by atoms with Gasteiger partial charge in [-0.2, -0.15) is 0 Å². The lowest BCUT2D eigenvalue weighted by Crippen LogP contribution is -2.42. The molecule has 15 heavy (non-hydrogen) atoms. The Morgan fingerprint density at radius 1 is 1.27 bits per heavy atom. The van der Waals surface area contributed by atoms with E-state index in [1.807, 2.05) is 12.1 Å². The number of hydrogen-bond acceptors (Lipinski definition) is 2. The lowest BCUT2D eigenvalue weighted by atomic mass is 9.76. The molecule has 0 bridgehead atoms. The molecular weight excluding hydrogens is 254 g/mol. The summed E-state index contributed by atoms with van der Waals surface area (Å²) in [6.45, 7) is 0. The van der Waals surface area contributed by atoms with Gasteiger partial charge in [-0.3, -0.25) is 0 Å². The van der Waals surface area contributed by atoms with Gasteiger partial charge in [-0.15, -0.1) is 0 Å². The van der Waals surface area contributed by atoms with Crippen molar-refractivity contribution in [2.45, 2.75) is 24.8 Å². The van der Waals surface area contributed by atoms with Crippen LogP contribution in [0.15, 0.2) is 33.2 Å². The van der Waals surface area contributed by atoms with E-state index in [0.29, 0.717) is 0 Å². The molecule has 0 aliphatic heterocycles. The lowest BCUT2D eigenvalue weighted by molar-refractivity contribution is 0.212. The van der Waals surface area contributed by atoms with Gasteiger partial charge >= 0.3 is 0 Å². The molecule has 3 rings (SSSR count). The minimum absolute atomic E-state index is 0.203. The molecule has 0 radical (unpaired) electrons. The van der Waals surface area contributed by atoms with Gasteiger partial charge in [0.25, 0.3) is 0 Å². The molecule has 1 saturated carbocycles. The Balaban J connectivity index is 2.14. The SMILES string of the molecule is NC1(c2cc3ccc(Br)cc3o2)CCC1. The quantitative estimate of drug-likeness (QED) is 0.857. The highest BCUT2D eigenvalue weighted by Gasteiger charge is 2.37. The van der Waals surface area contributed by atoms with Crippen LogP contribution >= 0.6 is 15.9 Å². The maximum atomic E-state index is 6.22. The second kappa shape index (κ2) is 3.09. The first-order chi connectivity index (χ1) is 7.17. The summed E-state index contributed by atoms with van der Waals surface area (Å²) < 4.78 is 6.84. The third kappa shape index (κ3) is 1.42. The monoisotopic (exact) mass is 265 g/mol. The topological polar surface area (TPSA) is 39.2 Å². The van der Waals surface area contributed by atoms with Gasteiger partial charge in [0.2, 0.25) is 0 Å². The van der Waals surface area contributed by atoms with Gasteiger partial charge in [-0.25, -0.2) is 0 Å². The number of benzene rings is 1. The van der Waals surface area contributed by atoms with Crippen molar-refractivity contribution in [3.8, 4) is 0 Å². The van der Waals surface area contributed by atoms with Crippen LogP contribution in [0.1, 0.15) is 25.0 Å². The van der Waals surface area contributed by atoms with Gasteiger partial charge in [0, 0.05) is 9.86 Å². The Bertz CT molecular complexity index is 513. The summed E-state index contributed by atoms with van der Waals surface area (Å²) in [4.78, 5) is 0. The van der Waals surface area contributed by atoms with Gasteiger partial charge in [0.15, 0.2) is 0 Å². The molecular formula is C12H12BrNO. The van der Waals surface area contributed by atoms with Gasteiger partial charge in [-0.1, -0.05) is 15.9 Å². The lowest BCUT2D eigenvalue weighted by Gasteiger charge is -2.35. The molecule has 1 aliphatic carbocycles. The maximum absolute atomic E-state index is 6.22. The third-order valence-electron chi connectivity index (χ3n) is 3.22. The van der Waals surface area contributed by atoms with E-state index in [1.165, 1.54) is 6.42 Å². The highest BCUT2D eigenvalue weighted by molar-refractivity contribution is 9.10. The fraction of sp³-hybridized carbons (Fsp3) is 0.333. The number of furan rings is 1. The van der Waals surface area contributed by atoms with Crippen molar-refractivity contribution >= 4 is 26.9 Å². The Morgan fingerprint density at radius 3 is 2.73 bits per heavy atom. The fourth-order valence-electron chi connectivity index (χ4n) is 2.05. The first kappa shape index (κ1) is 9.43. The second-order valence-electron chi connectivity index (χ2n) is 4.30. The molecule has 0 saturated heterocycles. The largest absolute Gasteiger partial charge is 0.459 e. The summed E-state index contributed by atoms with van der Waals surface area (Å²) in [5, 5.41) is 1.13. The van der Waals surface area contributed by atoms with Crippen LogP contribution in [0.5, 0.6) is 0 Å². The minimum atomic E-state index is -0.203. The average Bonchev–Trinajstić information content (AvgIpc) is 2.57. The van der Waals surface area contributed by atoms with Crippen LogP contribution in [0.3, 0.4) is 0 Å². The number of nitrogens with two attached hydrogens (primary N) is 1.